The molecular formula is C7H15N3O. The number of rotatable bonds is 4. The van der Waals surface area contributed by atoms with E-state index in [4.69, 9.17) is 11.1 Å². The first-order valence-corrected chi connectivity index (χ1v) is 3.68. The van der Waals surface area contributed by atoms with Crippen molar-refractivity contribution in [3.05, 3.63) is 0 Å². The Hall–Kier alpha value is -1.06. The highest BCUT2D eigenvalue weighted by molar-refractivity contribution is 5.97. The highest BCUT2D eigenvalue weighted by atomic mass is 16.1. The van der Waals surface area contributed by atoms with Gasteiger partial charge in [0.1, 0.15) is 0 Å². The van der Waals surface area contributed by atoms with Crippen LogP contribution in [-0.2, 0) is 4.79 Å². The molecule has 0 saturated heterocycles. The van der Waals surface area contributed by atoms with E-state index in [2.05, 4.69) is 5.32 Å². The number of carbonyl (C=O) groups is 1. The van der Waals surface area contributed by atoms with Crippen LogP contribution in [0.15, 0.2) is 0 Å². The fraction of sp³-hybridized carbons (Fsp3) is 0.714. The zero-order valence-electron chi connectivity index (χ0n) is 6.98. The predicted octanol–water partition coefficient (Wildman–Crippen LogP) is 0.227. The summed E-state index contributed by atoms with van der Waals surface area (Å²) < 4.78 is 0. The Labute approximate surface area is 66.7 Å². The molecule has 4 N–H and O–H groups in total. The van der Waals surface area contributed by atoms with Gasteiger partial charge in [-0.2, -0.15) is 0 Å². The molecule has 0 aromatic heterocycles. The monoisotopic (exact) mass is 157 g/mol. The zero-order valence-corrected chi connectivity index (χ0v) is 6.98. The van der Waals surface area contributed by atoms with Crippen LogP contribution in [0.2, 0.25) is 0 Å². The van der Waals surface area contributed by atoms with Crippen LogP contribution in [0, 0.1) is 5.41 Å². The summed E-state index contributed by atoms with van der Waals surface area (Å²) >= 11 is 0. The van der Waals surface area contributed by atoms with E-state index in [1.165, 1.54) is 0 Å². The summed E-state index contributed by atoms with van der Waals surface area (Å²) in [7, 11) is 0. The molecule has 64 valence electrons. The van der Waals surface area contributed by atoms with Crippen LogP contribution < -0.4 is 11.1 Å². The van der Waals surface area contributed by atoms with E-state index >= 15 is 0 Å². The van der Waals surface area contributed by atoms with E-state index in [0.717, 1.165) is 6.42 Å². The van der Waals surface area contributed by atoms with Crippen LogP contribution in [0.5, 0.6) is 0 Å². The average molecular weight is 157 g/mol. The van der Waals surface area contributed by atoms with Gasteiger partial charge < -0.3 is 11.1 Å². The summed E-state index contributed by atoms with van der Waals surface area (Å²) in [5.41, 5.74) is 5.03. The van der Waals surface area contributed by atoms with E-state index in [9.17, 15) is 4.79 Å². The summed E-state index contributed by atoms with van der Waals surface area (Å²) in [4.78, 5) is 10.9. The minimum atomic E-state index is -0.174. The van der Waals surface area contributed by atoms with Crippen molar-refractivity contribution >= 4 is 11.7 Å². The lowest BCUT2D eigenvalue weighted by molar-refractivity contribution is -0.120. The lowest BCUT2D eigenvalue weighted by atomic mass is 10.2. The van der Waals surface area contributed by atoms with Crippen molar-refractivity contribution in [1.29, 1.82) is 5.41 Å². The van der Waals surface area contributed by atoms with Gasteiger partial charge in [-0.15, -0.1) is 0 Å². The van der Waals surface area contributed by atoms with Crippen LogP contribution in [-0.4, -0.2) is 17.8 Å². The third kappa shape index (κ3) is 5.39. The Kier molecular flexibility index (Phi) is 4.26. The smallest absolute Gasteiger partial charge is 0.227 e. The summed E-state index contributed by atoms with van der Waals surface area (Å²) in [6.45, 7) is 3.90. The molecule has 0 aliphatic carbocycles. The highest BCUT2D eigenvalue weighted by Crippen LogP contribution is 1.88. The van der Waals surface area contributed by atoms with Gasteiger partial charge in [-0.1, -0.05) is 6.92 Å². The van der Waals surface area contributed by atoms with Crippen molar-refractivity contribution in [3.63, 3.8) is 0 Å². The second-order valence-corrected chi connectivity index (χ2v) is 2.58. The van der Waals surface area contributed by atoms with E-state index in [0.29, 0.717) is 0 Å². The molecule has 4 heteroatoms. The third-order valence-corrected chi connectivity index (χ3v) is 1.37. The standard InChI is InChI=1S/C7H15N3O/c1-3-5(2)10-7(11)4-6(8)9/h5H,3-4H2,1-2H3,(H3,8,9)(H,10,11). The van der Waals surface area contributed by atoms with Gasteiger partial charge >= 0.3 is 0 Å². The van der Waals surface area contributed by atoms with Gasteiger partial charge in [-0.05, 0) is 13.3 Å². The SMILES string of the molecule is CCC(C)NC(=O)CC(=N)N. The molecule has 0 radical (unpaired) electrons. The molecule has 1 unspecified atom stereocenters. The maximum absolute atomic E-state index is 10.9. The molecule has 0 aliphatic rings. The van der Waals surface area contributed by atoms with Gasteiger partial charge in [-0.25, -0.2) is 0 Å². The van der Waals surface area contributed by atoms with E-state index in [-0.39, 0.29) is 24.2 Å². The van der Waals surface area contributed by atoms with Crippen LogP contribution in [0.1, 0.15) is 26.7 Å². The van der Waals surface area contributed by atoms with Crippen molar-refractivity contribution in [2.75, 3.05) is 0 Å². The van der Waals surface area contributed by atoms with Crippen molar-refractivity contribution in [2.24, 2.45) is 5.73 Å². The topological polar surface area (TPSA) is 79.0 Å². The van der Waals surface area contributed by atoms with Gasteiger partial charge in [0, 0.05) is 6.04 Å². The highest BCUT2D eigenvalue weighted by Gasteiger charge is 2.05. The summed E-state index contributed by atoms with van der Waals surface area (Å²) in [6.07, 6.45) is 0.897. The summed E-state index contributed by atoms with van der Waals surface area (Å²) in [5, 5.41) is 9.54. The molecule has 1 atom stereocenters. The molecule has 0 aromatic rings. The van der Waals surface area contributed by atoms with Gasteiger partial charge in [0.25, 0.3) is 0 Å². The van der Waals surface area contributed by atoms with E-state index in [1.54, 1.807) is 0 Å². The van der Waals surface area contributed by atoms with Crippen molar-refractivity contribution in [1.82, 2.24) is 5.32 Å². The lowest BCUT2D eigenvalue weighted by Gasteiger charge is -2.10. The molecule has 0 bridgehead atoms. The number of hydrogen-bond acceptors (Lipinski definition) is 2. The first-order chi connectivity index (χ1) is 5.06. The molecule has 4 nitrogen and oxygen atoms in total. The van der Waals surface area contributed by atoms with Crippen LogP contribution in [0.3, 0.4) is 0 Å². The molecule has 0 fully saturated rings. The molecule has 0 aromatic carbocycles. The largest absolute Gasteiger partial charge is 0.387 e. The summed E-state index contributed by atoms with van der Waals surface area (Å²) in [5.74, 6) is -0.266. The third-order valence-electron chi connectivity index (χ3n) is 1.37. The second kappa shape index (κ2) is 4.71. The maximum Gasteiger partial charge on any atom is 0.227 e. The van der Waals surface area contributed by atoms with E-state index in [1.807, 2.05) is 13.8 Å². The van der Waals surface area contributed by atoms with Crippen LogP contribution >= 0.6 is 0 Å². The number of carbonyl (C=O) groups excluding carboxylic acids is 1. The quantitative estimate of drug-likeness (QED) is 0.403. The Balaban J connectivity index is 3.60. The number of nitrogens with two attached hydrogens (primary N) is 1. The molecule has 0 heterocycles. The van der Waals surface area contributed by atoms with E-state index < -0.39 is 0 Å². The maximum atomic E-state index is 10.9. The van der Waals surface area contributed by atoms with Crippen molar-refractivity contribution in [3.8, 4) is 0 Å². The number of nitrogens with one attached hydrogen (secondary N) is 2. The van der Waals surface area contributed by atoms with Crippen LogP contribution in [0.4, 0.5) is 0 Å². The van der Waals surface area contributed by atoms with Crippen molar-refractivity contribution < 1.29 is 4.79 Å². The molecule has 0 aliphatic heterocycles. The molecule has 0 spiro atoms. The molecule has 0 rings (SSSR count). The average Bonchev–Trinajstić information content (AvgIpc) is 1.85. The Bertz CT molecular complexity index is 156. The first kappa shape index (κ1) is 9.94. The number of amides is 1. The fourth-order valence-electron chi connectivity index (χ4n) is 0.601. The Morgan fingerprint density at radius 3 is 2.64 bits per heavy atom. The summed E-state index contributed by atoms with van der Waals surface area (Å²) in [6, 6.07) is 0.168. The minimum Gasteiger partial charge on any atom is -0.387 e. The predicted molar refractivity (Wildman–Crippen MR) is 44.4 cm³/mol. The normalized spacial score (nSPS) is 12.2. The molecule has 1 amide bonds. The minimum absolute atomic E-state index is 0.00431. The van der Waals surface area contributed by atoms with Gasteiger partial charge in [0.15, 0.2) is 0 Å². The van der Waals surface area contributed by atoms with Gasteiger partial charge in [0.2, 0.25) is 5.91 Å². The first-order valence-electron chi connectivity index (χ1n) is 3.68. The van der Waals surface area contributed by atoms with Gasteiger partial charge in [-0.3, -0.25) is 10.2 Å². The number of hydrogen-bond donors (Lipinski definition) is 3. The molecular weight excluding hydrogens is 142 g/mol. The second-order valence-electron chi connectivity index (χ2n) is 2.58. The Morgan fingerprint density at radius 1 is 1.73 bits per heavy atom. The number of amidine groups is 1. The lowest BCUT2D eigenvalue weighted by Crippen LogP contribution is -2.34. The fourth-order valence-corrected chi connectivity index (χ4v) is 0.601. The zero-order chi connectivity index (χ0) is 8.85. The molecule has 0 saturated carbocycles. The molecule has 11 heavy (non-hydrogen) atoms. The van der Waals surface area contributed by atoms with Crippen molar-refractivity contribution in [2.45, 2.75) is 32.7 Å². The van der Waals surface area contributed by atoms with Crippen LogP contribution in [0.25, 0.3) is 0 Å². The Morgan fingerprint density at radius 2 is 2.27 bits per heavy atom. The van der Waals surface area contributed by atoms with Gasteiger partial charge in [0.05, 0.1) is 12.3 Å².